The van der Waals surface area contributed by atoms with E-state index in [4.69, 9.17) is 5.73 Å². The molecule has 0 spiro atoms. The van der Waals surface area contributed by atoms with E-state index in [0.29, 0.717) is 6.54 Å². The molecule has 2 aliphatic carbocycles. The van der Waals surface area contributed by atoms with Gasteiger partial charge in [-0.25, -0.2) is 4.98 Å². The van der Waals surface area contributed by atoms with Crippen LogP contribution in [0.15, 0.2) is 18.3 Å². The molecule has 0 amide bonds. The summed E-state index contributed by atoms with van der Waals surface area (Å²) in [5, 5.41) is 0. The number of nitrogens with two attached hydrogens (primary N) is 1. The molecule has 0 saturated heterocycles. The maximum Gasteiger partial charge on any atom is 0.128 e. The van der Waals surface area contributed by atoms with E-state index < -0.39 is 0 Å². The van der Waals surface area contributed by atoms with Crippen LogP contribution in [0.5, 0.6) is 0 Å². The normalized spacial score (nSPS) is 19.4. The number of rotatable bonds is 6. The minimum atomic E-state index is 0.582. The van der Waals surface area contributed by atoms with Crippen LogP contribution in [0.3, 0.4) is 0 Å². The Balaban J connectivity index is 1.69. The van der Waals surface area contributed by atoms with E-state index in [2.05, 4.69) is 22.0 Å². The zero-order chi connectivity index (χ0) is 11.7. The number of hydrogen-bond acceptors (Lipinski definition) is 3. The van der Waals surface area contributed by atoms with Crippen LogP contribution in [-0.2, 0) is 6.54 Å². The van der Waals surface area contributed by atoms with Crippen molar-refractivity contribution in [2.75, 3.05) is 18.0 Å². The number of aromatic nitrogens is 1. The minimum absolute atomic E-state index is 0.582. The second-order valence-corrected chi connectivity index (χ2v) is 5.52. The molecule has 0 aromatic carbocycles. The SMILES string of the molecule is NCc1ccc(N(CC2CC2)CC2CC2)nc1. The average Bonchev–Trinajstić information content (AvgIpc) is 3.23. The van der Waals surface area contributed by atoms with Crippen molar-refractivity contribution in [2.45, 2.75) is 32.2 Å². The molecule has 2 aliphatic rings. The third-order valence-corrected chi connectivity index (χ3v) is 3.72. The molecule has 0 atom stereocenters. The number of hydrogen-bond donors (Lipinski definition) is 1. The highest BCUT2D eigenvalue weighted by molar-refractivity contribution is 5.40. The zero-order valence-electron chi connectivity index (χ0n) is 10.3. The molecule has 0 bridgehead atoms. The Kier molecular flexibility index (Phi) is 3.02. The summed E-state index contributed by atoms with van der Waals surface area (Å²) in [6.07, 6.45) is 7.54. The molecule has 1 aromatic heterocycles. The minimum Gasteiger partial charge on any atom is -0.356 e. The summed E-state index contributed by atoms with van der Waals surface area (Å²) < 4.78 is 0. The van der Waals surface area contributed by atoms with Crippen LogP contribution in [0.1, 0.15) is 31.2 Å². The highest BCUT2D eigenvalue weighted by Gasteiger charge is 2.29. The van der Waals surface area contributed by atoms with E-state index >= 15 is 0 Å². The molecule has 1 heterocycles. The monoisotopic (exact) mass is 231 g/mol. The van der Waals surface area contributed by atoms with Crippen molar-refractivity contribution in [3.8, 4) is 0 Å². The predicted molar refractivity (Wildman–Crippen MR) is 69.8 cm³/mol. The van der Waals surface area contributed by atoms with Crippen molar-refractivity contribution in [2.24, 2.45) is 17.6 Å². The molecule has 2 fully saturated rings. The van der Waals surface area contributed by atoms with Gasteiger partial charge in [-0.15, -0.1) is 0 Å². The fraction of sp³-hybridized carbons (Fsp3) is 0.643. The van der Waals surface area contributed by atoms with Gasteiger partial charge in [-0.05, 0) is 49.1 Å². The zero-order valence-corrected chi connectivity index (χ0v) is 10.3. The van der Waals surface area contributed by atoms with Crippen molar-refractivity contribution in [3.63, 3.8) is 0 Å². The van der Waals surface area contributed by atoms with E-state index in [9.17, 15) is 0 Å². The topological polar surface area (TPSA) is 42.1 Å². The Morgan fingerprint density at radius 3 is 2.18 bits per heavy atom. The molecule has 2 N–H and O–H groups in total. The predicted octanol–water partition coefficient (Wildman–Crippen LogP) is 2.17. The van der Waals surface area contributed by atoms with Gasteiger partial charge in [0, 0.05) is 25.8 Å². The summed E-state index contributed by atoms with van der Waals surface area (Å²) in [7, 11) is 0. The van der Waals surface area contributed by atoms with Crippen LogP contribution in [0.2, 0.25) is 0 Å². The van der Waals surface area contributed by atoms with Crippen LogP contribution in [0.25, 0.3) is 0 Å². The number of nitrogens with zero attached hydrogens (tertiary/aromatic N) is 2. The van der Waals surface area contributed by atoms with Gasteiger partial charge in [0.1, 0.15) is 5.82 Å². The summed E-state index contributed by atoms with van der Waals surface area (Å²) in [5.74, 6) is 2.98. The molecule has 3 rings (SSSR count). The average molecular weight is 231 g/mol. The first-order chi connectivity index (χ1) is 8.35. The van der Waals surface area contributed by atoms with E-state index in [-0.39, 0.29) is 0 Å². The highest BCUT2D eigenvalue weighted by atomic mass is 15.2. The van der Waals surface area contributed by atoms with Gasteiger partial charge in [0.2, 0.25) is 0 Å². The molecule has 0 unspecified atom stereocenters. The molecular formula is C14H21N3. The third-order valence-electron chi connectivity index (χ3n) is 3.72. The van der Waals surface area contributed by atoms with E-state index in [0.717, 1.165) is 23.2 Å². The van der Waals surface area contributed by atoms with Crippen molar-refractivity contribution in [1.82, 2.24) is 4.98 Å². The van der Waals surface area contributed by atoms with Crippen LogP contribution in [0.4, 0.5) is 5.82 Å². The lowest BCUT2D eigenvalue weighted by Gasteiger charge is -2.23. The van der Waals surface area contributed by atoms with Gasteiger partial charge >= 0.3 is 0 Å². The molecule has 0 radical (unpaired) electrons. The molecule has 0 aliphatic heterocycles. The Morgan fingerprint density at radius 1 is 1.12 bits per heavy atom. The Morgan fingerprint density at radius 2 is 1.76 bits per heavy atom. The lowest BCUT2D eigenvalue weighted by molar-refractivity contribution is 0.671. The highest BCUT2D eigenvalue weighted by Crippen LogP contribution is 2.35. The van der Waals surface area contributed by atoms with E-state index in [1.165, 1.54) is 38.8 Å². The van der Waals surface area contributed by atoms with E-state index in [1.807, 2.05) is 6.20 Å². The fourth-order valence-corrected chi connectivity index (χ4v) is 2.21. The van der Waals surface area contributed by atoms with Gasteiger partial charge in [0.15, 0.2) is 0 Å². The quantitative estimate of drug-likeness (QED) is 0.816. The molecule has 92 valence electrons. The maximum absolute atomic E-state index is 5.60. The first-order valence-electron chi connectivity index (χ1n) is 6.75. The smallest absolute Gasteiger partial charge is 0.128 e. The van der Waals surface area contributed by atoms with Crippen LogP contribution in [-0.4, -0.2) is 18.1 Å². The second-order valence-electron chi connectivity index (χ2n) is 5.52. The Hall–Kier alpha value is -1.09. The summed E-state index contributed by atoms with van der Waals surface area (Å²) >= 11 is 0. The van der Waals surface area contributed by atoms with Crippen LogP contribution in [0, 0.1) is 11.8 Å². The number of pyridine rings is 1. The molecule has 2 saturated carbocycles. The molecular weight excluding hydrogens is 210 g/mol. The maximum atomic E-state index is 5.60. The summed E-state index contributed by atoms with van der Waals surface area (Å²) in [6.45, 7) is 2.98. The standard InChI is InChI=1S/C14H21N3/c15-7-13-5-6-14(16-8-13)17(9-11-1-2-11)10-12-3-4-12/h5-6,8,11-12H,1-4,7,9-10,15H2. The van der Waals surface area contributed by atoms with Crippen molar-refractivity contribution < 1.29 is 0 Å². The summed E-state index contributed by atoms with van der Waals surface area (Å²) in [5.41, 5.74) is 6.72. The van der Waals surface area contributed by atoms with Crippen LogP contribution >= 0.6 is 0 Å². The van der Waals surface area contributed by atoms with Gasteiger partial charge in [-0.2, -0.15) is 0 Å². The first kappa shape index (κ1) is 11.0. The Bertz CT molecular complexity index is 352. The lowest BCUT2D eigenvalue weighted by Crippen LogP contribution is -2.28. The van der Waals surface area contributed by atoms with Gasteiger partial charge in [0.25, 0.3) is 0 Å². The van der Waals surface area contributed by atoms with Gasteiger partial charge in [-0.1, -0.05) is 6.07 Å². The Labute approximate surface area is 103 Å². The summed E-state index contributed by atoms with van der Waals surface area (Å²) in [4.78, 5) is 7.04. The molecule has 3 nitrogen and oxygen atoms in total. The first-order valence-corrected chi connectivity index (χ1v) is 6.75. The molecule has 1 aromatic rings. The lowest BCUT2D eigenvalue weighted by atomic mass is 10.2. The fourth-order valence-electron chi connectivity index (χ4n) is 2.21. The van der Waals surface area contributed by atoms with Crippen LogP contribution < -0.4 is 10.6 Å². The van der Waals surface area contributed by atoms with Crippen molar-refractivity contribution in [1.29, 1.82) is 0 Å². The second kappa shape index (κ2) is 4.65. The van der Waals surface area contributed by atoms with Gasteiger partial charge < -0.3 is 10.6 Å². The summed E-state index contributed by atoms with van der Waals surface area (Å²) in [6, 6.07) is 4.24. The molecule has 3 heteroatoms. The van der Waals surface area contributed by atoms with E-state index in [1.54, 1.807) is 0 Å². The van der Waals surface area contributed by atoms with Crippen molar-refractivity contribution >= 4 is 5.82 Å². The largest absolute Gasteiger partial charge is 0.356 e. The molecule has 17 heavy (non-hydrogen) atoms. The number of anilines is 1. The van der Waals surface area contributed by atoms with Gasteiger partial charge in [0.05, 0.1) is 0 Å². The third kappa shape index (κ3) is 2.97. The van der Waals surface area contributed by atoms with Crippen molar-refractivity contribution in [3.05, 3.63) is 23.9 Å². The van der Waals surface area contributed by atoms with Gasteiger partial charge in [-0.3, -0.25) is 0 Å².